The van der Waals surface area contributed by atoms with Crippen molar-refractivity contribution in [2.45, 2.75) is 18.9 Å². The Morgan fingerprint density at radius 2 is 2.18 bits per heavy atom. The van der Waals surface area contributed by atoms with E-state index in [9.17, 15) is 4.79 Å². The minimum absolute atomic E-state index is 0. The van der Waals surface area contributed by atoms with Crippen LogP contribution in [0.15, 0.2) is 0 Å². The molecule has 0 heterocycles. The Hall–Kier alpha value is 0.130. The fourth-order valence-electron chi connectivity index (χ4n) is 0.421. The summed E-state index contributed by atoms with van der Waals surface area (Å²) in [5.41, 5.74) is 4.38. The van der Waals surface area contributed by atoms with Gasteiger partial charge >= 0.3 is 5.97 Å². The summed E-state index contributed by atoms with van der Waals surface area (Å²) in [7, 11) is 0. The van der Waals surface area contributed by atoms with Gasteiger partial charge in [-0.3, -0.25) is 4.79 Å². The maximum atomic E-state index is 10.4. The molecule has 3 nitrogen and oxygen atoms in total. The Kier molecular flexibility index (Phi) is 7.15. The summed E-state index contributed by atoms with van der Waals surface area (Å²) in [6, 6.07) is 0. The van der Waals surface area contributed by atoms with E-state index in [0.29, 0.717) is 6.42 Å². The van der Waals surface area contributed by atoms with E-state index in [1.807, 2.05) is 6.26 Å². The summed E-state index contributed by atoms with van der Waals surface area (Å²) in [6.07, 6.45) is 2.45. The molecule has 68 valence electrons. The van der Waals surface area contributed by atoms with Gasteiger partial charge in [-0.25, -0.2) is 0 Å². The van der Waals surface area contributed by atoms with Crippen molar-refractivity contribution in [3.05, 3.63) is 0 Å². The highest BCUT2D eigenvalue weighted by molar-refractivity contribution is 7.98. The third kappa shape index (κ3) is 5.41. The van der Waals surface area contributed by atoms with Crippen molar-refractivity contribution in [2.75, 3.05) is 12.0 Å². The summed E-state index contributed by atoms with van der Waals surface area (Å²) < 4.78 is 0. The van der Waals surface area contributed by atoms with Crippen LogP contribution in [0.2, 0.25) is 0 Å². The molecule has 0 aromatic carbocycles. The quantitative estimate of drug-likeness (QED) is 0.611. The highest BCUT2D eigenvalue weighted by Gasteiger charge is 2.26. The fourth-order valence-corrected chi connectivity index (χ4v) is 1.05. The van der Waals surface area contributed by atoms with Gasteiger partial charge in [-0.15, -0.1) is 0 Å². The molecule has 0 saturated heterocycles. The number of carbonyl (C=O) groups is 1. The molecule has 0 aromatic heterocycles. The molecule has 0 aliphatic heterocycles. The first-order valence-electron chi connectivity index (χ1n) is 3.02. The Morgan fingerprint density at radius 1 is 1.73 bits per heavy atom. The SMILES string of the molecule is CSCCC(C)(N)C(=O)O.[SH3+]. The minimum Gasteiger partial charge on any atom is -0.480 e. The molecular formula is C6H16NO2S2+. The minimum atomic E-state index is -1.05. The number of carboxylic acid groups (broad SMARTS) is 1. The number of nitrogens with two attached hydrogens (primary N) is 1. The van der Waals surface area contributed by atoms with Crippen molar-refractivity contribution >= 4 is 31.2 Å². The van der Waals surface area contributed by atoms with E-state index in [1.165, 1.54) is 6.92 Å². The Balaban J connectivity index is 0. The van der Waals surface area contributed by atoms with Gasteiger partial charge in [0, 0.05) is 0 Å². The predicted molar refractivity (Wildman–Crippen MR) is 54.8 cm³/mol. The van der Waals surface area contributed by atoms with Crippen LogP contribution in [0.3, 0.4) is 0 Å². The molecule has 0 rings (SSSR count). The van der Waals surface area contributed by atoms with E-state index < -0.39 is 11.5 Å². The van der Waals surface area contributed by atoms with Gasteiger partial charge in [0.2, 0.25) is 0 Å². The summed E-state index contributed by atoms with van der Waals surface area (Å²) in [6.45, 7) is 1.53. The molecular weight excluding hydrogens is 182 g/mol. The Morgan fingerprint density at radius 3 is 2.45 bits per heavy atom. The predicted octanol–water partition coefficient (Wildman–Crippen LogP) is -0.264. The van der Waals surface area contributed by atoms with Gasteiger partial charge in [0.05, 0.1) is 0 Å². The van der Waals surface area contributed by atoms with Crippen molar-refractivity contribution in [1.29, 1.82) is 0 Å². The summed E-state index contributed by atoms with van der Waals surface area (Å²) >= 11 is 1.60. The standard InChI is InChI=1S/C6H13NO2S.H2S/c1-6(7,5(8)9)3-4-10-2;/h3-4,7H2,1-2H3,(H,8,9);1H2/p+1. The molecule has 3 N–H and O–H groups in total. The maximum absolute atomic E-state index is 10.4. The number of aliphatic carboxylic acids is 1. The molecule has 11 heavy (non-hydrogen) atoms. The average Bonchev–Trinajstić information content (AvgIpc) is 1.84. The molecule has 5 heteroatoms. The van der Waals surface area contributed by atoms with E-state index in [-0.39, 0.29) is 13.5 Å². The third-order valence-electron chi connectivity index (χ3n) is 1.31. The van der Waals surface area contributed by atoms with Gasteiger partial charge in [0.25, 0.3) is 0 Å². The molecule has 0 aromatic rings. The maximum Gasteiger partial charge on any atom is 0.323 e. The van der Waals surface area contributed by atoms with Crippen molar-refractivity contribution in [3.63, 3.8) is 0 Å². The van der Waals surface area contributed by atoms with Gasteiger partial charge in [0.1, 0.15) is 5.54 Å². The number of carboxylic acids is 1. The molecule has 1 unspecified atom stereocenters. The number of rotatable bonds is 4. The van der Waals surface area contributed by atoms with Gasteiger partial charge in [-0.1, -0.05) is 13.5 Å². The second-order valence-corrected chi connectivity index (χ2v) is 3.45. The van der Waals surface area contributed by atoms with Crippen LogP contribution in [0, 0.1) is 0 Å². The largest absolute Gasteiger partial charge is 0.480 e. The van der Waals surface area contributed by atoms with E-state index in [1.54, 1.807) is 11.8 Å². The van der Waals surface area contributed by atoms with Crippen LogP contribution in [-0.2, 0) is 18.3 Å². The van der Waals surface area contributed by atoms with Crippen molar-refractivity contribution in [2.24, 2.45) is 5.73 Å². The Labute approximate surface area is 78.2 Å². The zero-order valence-corrected chi connectivity index (χ0v) is 8.80. The first-order valence-corrected chi connectivity index (χ1v) is 4.41. The Bertz CT molecular complexity index is 128. The van der Waals surface area contributed by atoms with Crippen molar-refractivity contribution < 1.29 is 9.90 Å². The lowest BCUT2D eigenvalue weighted by Crippen LogP contribution is -2.45. The smallest absolute Gasteiger partial charge is 0.323 e. The lowest BCUT2D eigenvalue weighted by atomic mass is 10.0. The zero-order valence-electron chi connectivity index (χ0n) is 6.83. The van der Waals surface area contributed by atoms with Gasteiger partial charge < -0.3 is 10.8 Å². The summed E-state index contributed by atoms with van der Waals surface area (Å²) in [4.78, 5) is 10.4. The van der Waals surface area contributed by atoms with Gasteiger partial charge in [0.15, 0.2) is 0 Å². The molecule has 0 amide bonds. The lowest BCUT2D eigenvalue weighted by Gasteiger charge is -2.17. The van der Waals surface area contributed by atoms with Crippen LogP contribution in [-0.4, -0.2) is 28.6 Å². The molecule has 0 bridgehead atoms. The molecule has 1 atom stereocenters. The van der Waals surface area contributed by atoms with Crippen LogP contribution in [0.25, 0.3) is 0 Å². The molecule has 0 aliphatic rings. The van der Waals surface area contributed by atoms with E-state index >= 15 is 0 Å². The molecule has 0 saturated carbocycles. The van der Waals surface area contributed by atoms with Crippen LogP contribution in [0.4, 0.5) is 0 Å². The summed E-state index contributed by atoms with van der Waals surface area (Å²) in [5.74, 6) is -0.138. The average molecular weight is 198 g/mol. The second kappa shape index (κ2) is 5.74. The van der Waals surface area contributed by atoms with Crippen LogP contribution < -0.4 is 5.73 Å². The fraction of sp³-hybridized carbons (Fsp3) is 0.833. The normalized spacial score (nSPS) is 14.8. The lowest BCUT2D eigenvalue weighted by molar-refractivity contribution is -0.142. The monoisotopic (exact) mass is 198 g/mol. The van der Waals surface area contributed by atoms with E-state index in [0.717, 1.165) is 5.75 Å². The number of hydrogen-bond donors (Lipinski definition) is 2. The van der Waals surface area contributed by atoms with E-state index in [4.69, 9.17) is 10.8 Å². The van der Waals surface area contributed by atoms with Crippen molar-refractivity contribution in [3.8, 4) is 0 Å². The highest BCUT2D eigenvalue weighted by atomic mass is 32.2. The molecule has 0 spiro atoms. The van der Waals surface area contributed by atoms with E-state index in [2.05, 4.69) is 0 Å². The summed E-state index contributed by atoms with van der Waals surface area (Å²) in [5, 5.41) is 8.53. The van der Waals surface area contributed by atoms with Crippen LogP contribution in [0.5, 0.6) is 0 Å². The molecule has 0 aliphatic carbocycles. The third-order valence-corrected chi connectivity index (χ3v) is 1.93. The van der Waals surface area contributed by atoms with Crippen LogP contribution >= 0.6 is 11.8 Å². The van der Waals surface area contributed by atoms with Gasteiger partial charge in [-0.2, -0.15) is 11.8 Å². The first-order chi connectivity index (χ1) is 4.50. The topological polar surface area (TPSA) is 63.3 Å². The highest BCUT2D eigenvalue weighted by Crippen LogP contribution is 2.09. The number of hydrogen-bond acceptors (Lipinski definition) is 3. The zero-order chi connectivity index (χ0) is 8.20. The molecule has 0 radical (unpaired) electrons. The van der Waals surface area contributed by atoms with Crippen LogP contribution in [0.1, 0.15) is 13.3 Å². The van der Waals surface area contributed by atoms with Crippen molar-refractivity contribution in [1.82, 2.24) is 0 Å². The number of thioether (sulfide) groups is 1. The first kappa shape index (κ1) is 13.7. The molecule has 0 fully saturated rings. The van der Waals surface area contributed by atoms with Gasteiger partial charge in [-0.05, 0) is 25.4 Å². The second-order valence-electron chi connectivity index (χ2n) is 2.47.